The van der Waals surface area contributed by atoms with Crippen molar-refractivity contribution in [2.45, 2.75) is 38.3 Å². The number of hydrogen-bond donors (Lipinski definition) is 1. The predicted molar refractivity (Wildman–Crippen MR) is 70.1 cm³/mol. The van der Waals surface area contributed by atoms with Gasteiger partial charge in [0.25, 0.3) is 0 Å². The molecule has 4 heteroatoms. The molecule has 0 spiro atoms. The Labute approximate surface area is 105 Å². The lowest BCUT2D eigenvalue weighted by molar-refractivity contribution is 0.610. The Hall–Kier alpha value is -1.13. The molecular weight excluding hydrogens is 230 g/mol. The second-order valence-electron chi connectivity index (χ2n) is 4.69. The Morgan fingerprint density at radius 1 is 1.41 bits per heavy atom. The molecule has 0 bridgehead atoms. The maximum absolute atomic E-state index is 6.21. The van der Waals surface area contributed by atoms with Gasteiger partial charge in [-0.1, -0.05) is 6.42 Å². The molecule has 0 saturated heterocycles. The SMILES string of the molecule is NC1CCCCc2cn(Cc3nccs3)cc21. The van der Waals surface area contributed by atoms with Crippen LogP contribution in [0.2, 0.25) is 0 Å². The summed E-state index contributed by atoms with van der Waals surface area (Å²) in [7, 11) is 0. The molecule has 1 atom stereocenters. The molecule has 1 aliphatic rings. The van der Waals surface area contributed by atoms with Crippen molar-refractivity contribution in [2.75, 3.05) is 0 Å². The third kappa shape index (κ3) is 2.28. The van der Waals surface area contributed by atoms with Gasteiger partial charge in [0.1, 0.15) is 5.01 Å². The molecule has 0 aromatic carbocycles. The van der Waals surface area contributed by atoms with Crippen LogP contribution in [-0.4, -0.2) is 9.55 Å². The average Bonchev–Trinajstić information content (AvgIpc) is 2.92. The van der Waals surface area contributed by atoms with Crippen molar-refractivity contribution < 1.29 is 0 Å². The first-order valence-electron chi connectivity index (χ1n) is 6.15. The third-order valence-corrected chi connectivity index (χ3v) is 4.17. The third-order valence-electron chi connectivity index (χ3n) is 3.41. The Morgan fingerprint density at radius 3 is 3.18 bits per heavy atom. The molecule has 0 aliphatic heterocycles. The van der Waals surface area contributed by atoms with E-state index in [0.29, 0.717) is 0 Å². The largest absolute Gasteiger partial charge is 0.347 e. The van der Waals surface area contributed by atoms with Crippen LogP contribution in [0.5, 0.6) is 0 Å². The summed E-state index contributed by atoms with van der Waals surface area (Å²) in [6.45, 7) is 0.872. The summed E-state index contributed by atoms with van der Waals surface area (Å²) < 4.78 is 2.23. The monoisotopic (exact) mass is 247 g/mol. The second-order valence-corrected chi connectivity index (χ2v) is 5.67. The van der Waals surface area contributed by atoms with Gasteiger partial charge < -0.3 is 10.3 Å². The standard InChI is InChI=1S/C13H17N3S/c14-12-4-2-1-3-10-7-16(8-11(10)12)9-13-15-5-6-17-13/h5-8,12H,1-4,9,14H2. The summed E-state index contributed by atoms with van der Waals surface area (Å²) in [4.78, 5) is 4.32. The van der Waals surface area contributed by atoms with Gasteiger partial charge in [0, 0.05) is 30.0 Å². The highest BCUT2D eigenvalue weighted by molar-refractivity contribution is 7.09. The summed E-state index contributed by atoms with van der Waals surface area (Å²) in [6.07, 6.45) is 11.1. The number of hydrogen-bond acceptors (Lipinski definition) is 3. The van der Waals surface area contributed by atoms with E-state index in [1.54, 1.807) is 11.3 Å². The van der Waals surface area contributed by atoms with Crippen LogP contribution in [-0.2, 0) is 13.0 Å². The van der Waals surface area contributed by atoms with Gasteiger partial charge >= 0.3 is 0 Å². The topological polar surface area (TPSA) is 43.8 Å². The minimum atomic E-state index is 0.227. The summed E-state index contributed by atoms with van der Waals surface area (Å²) in [5.41, 5.74) is 8.99. The van der Waals surface area contributed by atoms with Crippen LogP contribution in [0.1, 0.15) is 41.4 Å². The fourth-order valence-electron chi connectivity index (χ4n) is 2.53. The first-order chi connectivity index (χ1) is 8.33. The van der Waals surface area contributed by atoms with E-state index in [0.717, 1.165) is 18.0 Å². The predicted octanol–water partition coefficient (Wildman–Crippen LogP) is 2.72. The number of aryl methyl sites for hydroxylation is 1. The molecule has 3 rings (SSSR count). The van der Waals surface area contributed by atoms with Crippen LogP contribution < -0.4 is 5.73 Å². The lowest BCUT2D eigenvalue weighted by Crippen LogP contribution is -2.09. The Kier molecular flexibility index (Phi) is 2.99. The molecule has 90 valence electrons. The van der Waals surface area contributed by atoms with E-state index < -0.39 is 0 Å². The molecule has 0 amide bonds. The first-order valence-corrected chi connectivity index (χ1v) is 7.03. The molecule has 2 aromatic heterocycles. The molecule has 17 heavy (non-hydrogen) atoms. The Morgan fingerprint density at radius 2 is 2.35 bits per heavy atom. The highest BCUT2D eigenvalue weighted by atomic mass is 32.1. The molecular formula is C13H17N3S. The Balaban J connectivity index is 1.86. The maximum atomic E-state index is 6.21. The van der Waals surface area contributed by atoms with E-state index in [4.69, 9.17) is 5.73 Å². The van der Waals surface area contributed by atoms with Crippen LogP contribution >= 0.6 is 11.3 Å². The van der Waals surface area contributed by atoms with Crippen molar-refractivity contribution in [3.05, 3.63) is 40.1 Å². The van der Waals surface area contributed by atoms with Crippen LogP contribution in [0.4, 0.5) is 0 Å². The molecule has 0 radical (unpaired) electrons. The van der Waals surface area contributed by atoms with Gasteiger partial charge in [0.05, 0.1) is 6.54 Å². The normalized spacial score (nSPS) is 19.9. The van der Waals surface area contributed by atoms with Crippen LogP contribution in [0.25, 0.3) is 0 Å². The van der Waals surface area contributed by atoms with Gasteiger partial charge in [-0.3, -0.25) is 0 Å². The fourth-order valence-corrected chi connectivity index (χ4v) is 3.15. The highest BCUT2D eigenvalue weighted by Crippen LogP contribution is 2.28. The minimum absolute atomic E-state index is 0.227. The van der Waals surface area contributed by atoms with Crippen molar-refractivity contribution in [2.24, 2.45) is 5.73 Å². The molecule has 1 aliphatic carbocycles. The molecule has 1 unspecified atom stereocenters. The smallest absolute Gasteiger partial charge is 0.112 e. The van der Waals surface area contributed by atoms with Gasteiger partial charge in [-0.15, -0.1) is 11.3 Å². The lowest BCUT2D eigenvalue weighted by atomic mass is 10.1. The maximum Gasteiger partial charge on any atom is 0.112 e. The number of rotatable bonds is 2. The van der Waals surface area contributed by atoms with Gasteiger partial charge in [0.2, 0.25) is 0 Å². The van der Waals surface area contributed by atoms with Gasteiger partial charge in [-0.05, 0) is 30.4 Å². The van der Waals surface area contributed by atoms with E-state index in [9.17, 15) is 0 Å². The van der Waals surface area contributed by atoms with Gasteiger partial charge in [-0.25, -0.2) is 4.98 Å². The van der Waals surface area contributed by atoms with Crippen LogP contribution in [0, 0.1) is 0 Å². The molecule has 2 aromatic rings. The molecule has 2 heterocycles. The quantitative estimate of drug-likeness (QED) is 0.829. The van der Waals surface area contributed by atoms with Crippen LogP contribution in [0.3, 0.4) is 0 Å². The van der Waals surface area contributed by atoms with E-state index in [-0.39, 0.29) is 6.04 Å². The van der Waals surface area contributed by atoms with Crippen molar-refractivity contribution in [3.8, 4) is 0 Å². The molecule has 3 nitrogen and oxygen atoms in total. The fraction of sp³-hybridized carbons (Fsp3) is 0.462. The van der Waals surface area contributed by atoms with Crippen molar-refractivity contribution in [3.63, 3.8) is 0 Å². The number of thiazole rings is 1. The zero-order chi connectivity index (χ0) is 11.7. The van der Waals surface area contributed by atoms with Gasteiger partial charge in [0.15, 0.2) is 0 Å². The van der Waals surface area contributed by atoms with E-state index in [1.165, 1.54) is 30.4 Å². The minimum Gasteiger partial charge on any atom is -0.347 e. The average molecular weight is 247 g/mol. The number of aromatic nitrogens is 2. The Bertz CT molecular complexity index is 487. The van der Waals surface area contributed by atoms with Crippen LogP contribution in [0.15, 0.2) is 24.0 Å². The summed E-state index contributed by atoms with van der Waals surface area (Å²) in [6, 6.07) is 0.227. The highest BCUT2D eigenvalue weighted by Gasteiger charge is 2.17. The number of fused-ring (bicyclic) bond motifs is 1. The van der Waals surface area contributed by atoms with E-state index in [1.807, 2.05) is 11.6 Å². The van der Waals surface area contributed by atoms with Gasteiger partial charge in [-0.2, -0.15) is 0 Å². The van der Waals surface area contributed by atoms with Crippen molar-refractivity contribution in [1.82, 2.24) is 9.55 Å². The summed E-state index contributed by atoms with van der Waals surface area (Å²) >= 11 is 1.71. The first kappa shape index (κ1) is 11.0. The molecule has 0 fully saturated rings. The zero-order valence-electron chi connectivity index (χ0n) is 9.80. The second kappa shape index (κ2) is 4.63. The van der Waals surface area contributed by atoms with E-state index >= 15 is 0 Å². The summed E-state index contributed by atoms with van der Waals surface area (Å²) in [5, 5.41) is 3.18. The van der Waals surface area contributed by atoms with E-state index in [2.05, 4.69) is 21.9 Å². The van der Waals surface area contributed by atoms with Crippen molar-refractivity contribution in [1.29, 1.82) is 0 Å². The lowest BCUT2D eigenvalue weighted by Gasteiger charge is -2.07. The molecule has 0 saturated carbocycles. The van der Waals surface area contributed by atoms with Crippen molar-refractivity contribution >= 4 is 11.3 Å². The zero-order valence-corrected chi connectivity index (χ0v) is 10.6. The molecule has 2 N–H and O–H groups in total. The number of nitrogens with zero attached hydrogens (tertiary/aromatic N) is 2. The summed E-state index contributed by atoms with van der Waals surface area (Å²) in [5.74, 6) is 0. The number of nitrogens with two attached hydrogens (primary N) is 1.